The van der Waals surface area contributed by atoms with Crippen LogP contribution < -0.4 is 16.0 Å². The first-order valence-corrected chi connectivity index (χ1v) is 12.0. The standard InChI is InChI=1S/C22H34N6O2S/c1-13(2)11-28-18-8-9-27(21(30)17-10-14(3)23-22(31)25-17)12-16(18)19(26-28)20(29)24-15-6-4-5-7-15/h13-15,17H,4-12H2,1-3H3,(H,24,29)(H2,23,25,31)/t14-,17+/m1/s1. The van der Waals surface area contributed by atoms with E-state index in [2.05, 4.69) is 29.8 Å². The first-order chi connectivity index (χ1) is 14.8. The Labute approximate surface area is 189 Å². The van der Waals surface area contributed by atoms with Crippen molar-refractivity contribution in [2.24, 2.45) is 5.92 Å². The summed E-state index contributed by atoms with van der Waals surface area (Å²) in [6, 6.07) is 0.0672. The molecule has 2 fully saturated rings. The summed E-state index contributed by atoms with van der Waals surface area (Å²) in [4.78, 5) is 28.2. The number of hydrogen-bond acceptors (Lipinski definition) is 4. The summed E-state index contributed by atoms with van der Waals surface area (Å²) >= 11 is 5.25. The third-order valence-electron chi connectivity index (χ3n) is 6.46. The van der Waals surface area contributed by atoms with Gasteiger partial charge in [-0.2, -0.15) is 5.10 Å². The van der Waals surface area contributed by atoms with Crippen LogP contribution >= 0.6 is 12.2 Å². The van der Waals surface area contributed by atoms with Gasteiger partial charge in [-0.3, -0.25) is 14.3 Å². The molecule has 2 amide bonds. The summed E-state index contributed by atoms with van der Waals surface area (Å²) in [6.45, 7) is 8.16. The monoisotopic (exact) mass is 446 g/mol. The van der Waals surface area contributed by atoms with Crippen molar-refractivity contribution >= 4 is 29.1 Å². The van der Waals surface area contributed by atoms with Crippen molar-refractivity contribution in [3.63, 3.8) is 0 Å². The normalized spacial score (nSPS) is 24.0. The van der Waals surface area contributed by atoms with E-state index in [4.69, 9.17) is 17.3 Å². The lowest BCUT2D eigenvalue weighted by molar-refractivity contribution is -0.134. The van der Waals surface area contributed by atoms with E-state index in [1.165, 1.54) is 0 Å². The average Bonchev–Trinajstić information content (AvgIpc) is 3.34. The van der Waals surface area contributed by atoms with E-state index in [9.17, 15) is 9.59 Å². The van der Waals surface area contributed by atoms with Gasteiger partial charge in [0.15, 0.2) is 10.8 Å². The molecule has 0 aromatic carbocycles. The second-order valence-electron chi connectivity index (χ2n) is 9.62. The molecule has 31 heavy (non-hydrogen) atoms. The van der Waals surface area contributed by atoms with Gasteiger partial charge < -0.3 is 20.9 Å². The number of fused-ring (bicyclic) bond motifs is 1. The predicted octanol–water partition coefficient (Wildman–Crippen LogP) is 1.72. The molecule has 1 saturated heterocycles. The van der Waals surface area contributed by atoms with Gasteiger partial charge in [0.2, 0.25) is 5.91 Å². The molecule has 1 saturated carbocycles. The van der Waals surface area contributed by atoms with Crippen LogP contribution in [0.2, 0.25) is 0 Å². The minimum absolute atomic E-state index is 0.0418. The zero-order valence-corrected chi connectivity index (χ0v) is 19.6. The molecule has 1 aromatic rings. The Morgan fingerprint density at radius 2 is 2.00 bits per heavy atom. The molecular weight excluding hydrogens is 412 g/mol. The molecule has 170 valence electrons. The highest BCUT2D eigenvalue weighted by molar-refractivity contribution is 7.80. The van der Waals surface area contributed by atoms with E-state index >= 15 is 0 Å². The molecule has 9 heteroatoms. The zero-order valence-electron chi connectivity index (χ0n) is 18.7. The molecule has 2 atom stereocenters. The van der Waals surface area contributed by atoms with Crippen molar-refractivity contribution < 1.29 is 9.59 Å². The lowest BCUT2D eigenvalue weighted by atomic mass is 10.0. The van der Waals surface area contributed by atoms with Gasteiger partial charge in [0, 0.05) is 49.4 Å². The fourth-order valence-electron chi connectivity index (χ4n) is 4.96. The van der Waals surface area contributed by atoms with Crippen LogP contribution in [0.25, 0.3) is 0 Å². The minimum Gasteiger partial charge on any atom is -0.360 e. The lowest BCUT2D eigenvalue weighted by Crippen LogP contribution is -2.59. The Hall–Kier alpha value is -2.16. The summed E-state index contributed by atoms with van der Waals surface area (Å²) in [6.07, 6.45) is 5.79. The van der Waals surface area contributed by atoms with E-state index < -0.39 is 0 Å². The molecule has 0 radical (unpaired) electrons. The van der Waals surface area contributed by atoms with Gasteiger partial charge in [-0.1, -0.05) is 26.7 Å². The second kappa shape index (κ2) is 9.14. The summed E-state index contributed by atoms with van der Waals surface area (Å²) in [5, 5.41) is 14.7. The molecule has 1 aromatic heterocycles. The molecule has 0 spiro atoms. The highest BCUT2D eigenvalue weighted by atomic mass is 32.1. The molecular formula is C22H34N6O2S. The predicted molar refractivity (Wildman–Crippen MR) is 123 cm³/mol. The minimum atomic E-state index is -0.327. The number of amides is 2. The van der Waals surface area contributed by atoms with Crippen LogP contribution in [0.4, 0.5) is 0 Å². The van der Waals surface area contributed by atoms with E-state index in [0.29, 0.717) is 42.7 Å². The molecule has 3 N–H and O–H groups in total. The van der Waals surface area contributed by atoms with E-state index in [1.807, 2.05) is 16.5 Å². The number of thiocarbonyl (C=S) groups is 1. The van der Waals surface area contributed by atoms with Gasteiger partial charge in [0.05, 0.1) is 0 Å². The molecule has 3 aliphatic rings. The fourth-order valence-corrected chi connectivity index (χ4v) is 5.30. The van der Waals surface area contributed by atoms with Gasteiger partial charge in [-0.15, -0.1) is 0 Å². The van der Waals surface area contributed by atoms with Crippen LogP contribution in [0, 0.1) is 5.92 Å². The molecule has 8 nitrogen and oxygen atoms in total. The zero-order chi connectivity index (χ0) is 22.1. The number of carbonyl (C=O) groups is 2. The Kier molecular flexibility index (Phi) is 6.50. The molecule has 3 heterocycles. The summed E-state index contributed by atoms with van der Waals surface area (Å²) in [7, 11) is 0. The van der Waals surface area contributed by atoms with Crippen LogP contribution in [0.5, 0.6) is 0 Å². The summed E-state index contributed by atoms with van der Waals surface area (Å²) in [5.74, 6) is 0.366. The fraction of sp³-hybridized carbons (Fsp3) is 0.727. The molecule has 1 aliphatic carbocycles. The molecule has 2 aliphatic heterocycles. The van der Waals surface area contributed by atoms with Crippen LogP contribution in [-0.2, 0) is 24.3 Å². The number of nitrogens with zero attached hydrogens (tertiary/aromatic N) is 3. The second-order valence-corrected chi connectivity index (χ2v) is 10.0. The van der Waals surface area contributed by atoms with Gasteiger partial charge >= 0.3 is 0 Å². The molecule has 0 bridgehead atoms. The SMILES string of the molecule is CC(C)Cn1nc(C(=O)NC2CCCC2)c2c1CCN(C(=O)[C@@H]1C[C@@H](C)NC(=S)N1)C2. The van der Waals surface area contributed by atoms with Crippen molar-refractivity contribution in [1.29, 1.82) is 0 Å². The van der Waals surface area contributed by atoms with Crippen molar-refractivity contribution in [3.8, 4) is 0 Å². The van der Waals surface area contributed by atoms with E-state index in [-0.39, 0.29) is 29.9 Å². The topological polar surface area (TPSA) is 91.3 Å². The van der Waals surface area contributed by atoms with Crippen LogP contribution in [0.3, 0.4) is 0 Å². The van der Waals surface area contributed by atoms with Gasteiger partial charge in [-0.25, -0.2) is 0 Å². The van der Waals surface area contributed by atoms with Crippen molar-refractivity contribution in [2.45, 2.75) is 90.5 Å². The summed E-state index contributed by atoms with van der Waals surface area (Å²) < 4.78 is 1.99. The number of aromatic nitrogens is 2. The summed E-state index contributed by atoms with van der Waals surface area (Å²) in [5.41, 5.74) is 2.49. The van der Waals surface area contributed by atoms with Crippen LogP contribution in [0.1, 0.15) is 74.6 Å². The molecule has 0 unspecified atom stereocenters. The lowest BCUT2D eigenvalue weighted by Gasteiger charge is -2.35. The average molecular weight is 447 g/mol. The Balaban J connectivity index is 1.55. The van der Waals surface area contributed by atoms with Gasteiger partial charge in [-0.05, 0) is 44.3 Å². The number of nitrogens with one attached hydrogen (secondary N) is 3. The van der Waals surface area contributed by atoms with Gasteiger partial charge in [0.1, 0.15) is 6.04 Å². The van der Waals surface area contributed by atoms with Crippen molar-refractivity contribution in [3.05, 3.63) is 17.0 Å². The highest BCUT2D eigenvalue weighted by Crippen LogP contribution is 2.26. The van der Waals surface area contributed by atoms with Crippen LogP contribution in [0.15, 0.2) is 0 Å². The number of hydrogen-bond donors (Lipinski definition) is 3. The van der Waals surface area contributed by atoms with Crippen molar-refractivity contribution in [1.82, 2.24) is 30.6 Å². The maximum Gasteiger partial charge on any atom is 0.272 e. The van der Waals surface area contributed by atoms with Crippen molar-refractivity contribution in [2.75, 3.05) is 6.54 Å². The maximum atomic E-state index is 13.2. The third-order valence-corrected chi connectivity index (χ3v) is 6.70. The van der Waals surface area contributed by atoms with Gasteiger partial charge in [0.25, 0.3) is 5.91 Å². The Bertz CT molecular complexity index is 860. The molecule has 4 rings (SSSR count). The smallest absolute Gasteiger partial charge is 0.272 e. The first kappa shape index (κ1) is 22.0. The Morgan fingerprint density at radius 1 is 1.26 bits per heavy atom. The highest BCUT2D eigenvalue weighted by Gasteiger charge is 2.35. The number of rotatable bonds is 5. The largest absolute Gasteiger partial charge is 0.360 e. The maximum absolute atomic E-state index is 13.2. The third kappa shape index (κ3) is 4.86. The first-order valence-electron chi connectivity index (χ1n) is 11.6. The van der Waals surface area contributed by atoms with E-state index in [1.54, 1.807) is 0 Å². The Morgan fingerprint density at radius 3 is 2.68 bits per heavy atom. The number of carbonyl (C=O) groups excluding carboxylic acids is 2. The van der Waals surface area contributed by atoms with Crippen LogP contribution in [-0.4, -0.2) is 56.3 Å². The quantitative estimate of drug-likeness (QED) is 0.597. The van der Waals surface area contributed by atoms with E-state index in [0.717, 1.165) is 43.5 Å².